The van der Waals surface area contributed by atoms with E-state index >= 15 is 0 Å². The number of carbonyl (C=O) groups is 1. The Hall–Kier alpha value is -2.32. The molecule has 0 aliphatic carbocycles. The number of benzene rings is 2. The SMILES string of the molecule is Cc1ccc(S(=O)(=O)NC2CCN(C(=O)c3ccc(F)c(F)c3)CC2)cc1. The summed E-state index contributed by atoms with van der Waals surface area (Å²) in [5.41, 5.74) is 1.05. The molecular weight excluding hydrogens is 374 g/mol. The molecule has 0 atom stereocenters. The zero-order valence-corrected chi connectivity index (χ0v) is 15.6. The van der Waals surface area contributed by atoms with Crippen LogP contribution in [0.4, 0.5) is 8.78 Å². The summed E-state index contributed by atoms with van der Waals surface area (Å²) in [7, 11) is -3.62. The molecule has 0 radical (unpaired) electrons. The van der Waals surface area contributed by atoms with Gasteiger partial charge in [0, 0.05) is 24.7 Å². The average Bonchev–Trinajstić information content (AvgIpc) is 2.64. The van der Waals surface area contributed by atoms with Gasteiger partial charge < -0.3 is 4.90 Å². The number of sulfonamides is 1. The molecule has 1 N–H and O–H groups in total. The first-order chi connectivity index (χ1) is 12.8. The number of amides is 1. The molecule has 1 fully saturated rings. The van der Waals surface area contributed by atoms with Crippen LogP contribution in [0.3, 0.4) is 0 Å². The lowest BCUT2D eigenvalue weighted by molar-refractivity contribution is 0.0710. The van der Waals surface area contributed by atoms with Crippen molar-refractivity contribution in [3.63, 3.8) is 0 Å². The van der Waals surface area contributed by atoms with Crippen LogP contribution >= 0.6 is 0 Å². The quantitative estimate of drug-likeness (QED) is 0.867. The van der Waals surface area contributed by atoms with Gasteiger partial charge in [-0.05, 0) is 50.1 Å². The highest BCUT2D eigenvalue weighted by Crippen LogP contribution is 2.18. The molecule has 1 amide bonds. The van der Waals surface area contributed by atoms with E-state index in [-0.39, 0.29) is 16.5 Å². The van der Waals surface area contributed by atoms with E-state index in [4.69, 9.17) is 0 Å². The van der Waals surface area contributed by atoms with Crippen molar-refractivity contribution in [3.05, 3.63) is 65.2 Å². The normalized spacial score (nSPS) is 15.7. The van der Waals surface area contributed by atoms with Crippen LogP contribution in [0.25, 0.3) is 0 Å². The van der Waals surface area contributed by atoms with E-state index in [9.17, 15) is 22.0 Å². The molecule has 27 heavy (non-hydrogen) atoms. The largest absolute Gasteiger partial charge is 0.339 e. The molecule has 144 valence electrons. The maximum Gasteiger partial charge on any atom is 0.253 e. The number of carbonyl (C=O) groups excluding carboxylic acids is 1. The van der Waals surface area contributed by atoms with Gasteiger partial charge in [-0.25, -0.2) is 21.9 Å². The first-order valence-electron chi connectivity index (χ1n) is 8.59. The van der Waals surface area contributed by atoms with Gasteiger partial charge in [0.05, 0.1) is 4.90 Å². The van der Waals surface area contributed by atoms with E-state index < -0.39 is 27.6 Å². The Balaban J connectivity index is 1.60. The molecule has 2 aromatic rings. The van der Waals surface area contributed by atoms with Crippen molar-refractivity contribution in [2.75, 3.05) is 13.1 Å². The van der Waals surface area contributed by atoms with Crippen LogP contribution < -0.4 is 4.72 Å². The van der Waals surface area contributed by atoms with Crippen LogP contribution in [0.5, 0.6) is 0 Å². The molecule has 8 heteroatoms. The van der Waals surface area contributed by atoms with Gasteiger partial charge in [-0.2, -0.15) is 0 Å². The van der Waals surface area contributed by atoms with Crippen molar-refractivity contribution < 1.29 is 22.0 Å². The molecule has 1 aliphatic heterocycles. The molecule has 0 spiro atoms. The number of aryl methyl sites for hydroxylation is 1. The van der Waals surface area contributed by atoms with Crippen LogP contribution in [0, 0.1) is 18.6 Å². The Bertz CT molecular complexity index is 938. The maximum atomic E-state index is 13.3. The second-order valence-electron chi connectivity index (χ2n) is 6.63. The lowest BCUT2D eigenvalue weighted by Gasteiger charge is -2.32. The first kappa shape index (κ1) is 19.4. The zero-order valence-electron chi connectivity index (χ0n) is 14.8. The molecule has 1 heterocycles. The topological polar surface area (TPSA) is 66.5 Å². The Morgan fingerprint density at radius 3 is 2.26 bits per heavy atom. The highest BCUT2D eigenvalue weighted by atomic mass is 32.2. The highest BCUT2D eigenvalue weighted by molar-refractivity contribution is 7.89. The molecule has 0 aromatic heterocycles. The van der Waals surface area contributed by atoms with Gasteiger partial charge >= 0.3 is 0 Å². The predicted octanol–water partition coefficient (Wildman–Crippen LogP) is 2.86. The van der Waals surface area contributed by atoms with Crippen molar-refractivity contribution in [1.82, 2.24) is 9.62 Å². The summed E-state index contributed by atoms with van der Waals surface area (Å²) in [6.45, 7) is 2.54. The van der Waals surface area contributed by atoms with Crippen LogP contribution in [-0.2, 0) is 10.0 Å². The number of likely N-dealkylation sites (tertiary alicyclic amines) is 1. The Morgan fingerprint density at radius 1 is 1.04 bits per heavy atom. The zero-order chi connectivity index (χ0) is 19.6. The molecule has 3 rings (SSSR count). The van der Waals surface area contributed by atoms with E-state index in [0.717, 1.165) is 17.7 Å². The summed E-state index contributed by atoms with van der Waals surface area (Å²) in [5.74, 6) is -2.47. The third-order valence-electron chi connectivity index (χ3n) is 4.60. The summed E-state index contributed by atoms with van der Waals surface area (Å²) in [4.78, 5) is 14.1. The fourth-order valence-electron chi connectivity index (χ4n) is 3.02. The van der Waals surface area contributed by atoms with Crippen molar-refractivity contribution >= 4 is 15.9 Å². The lowest BCUT2D eigenvalue weighted by Crippen LogP contribution is -2.46. The van der Waals surface area contributed by atoms with Crippen LogP contribution in [-0.4, -0.2) is 38.4 Å². The van der Waals surface area contributed by atoms with Crippen molar-refractivity contribution in [2.24, 2.45) is 0 Å². The number of rotatable bonds is 4. The van der Waals surface area contributed by atoms with Gasteiger partial charge in [0.15, 0.2) is 11.6 Å². The Morgan fingerprint density at radius 2 is 1.67 bits per heavy atom. The van der Waals surface area contributed by atoms with E-state index in [2.05, 4.69) is 4.72 Å². The second-order valence-corrected chi connectivity index (χ2v) is 8.34. The summed E-state index contributed by atoms with van der Waals surface area (Å²) >= 11 is 0. The molecule has 1 aliphatic rings. The van der Waals surface area contributed by atoms with Gasteiger partial charge in [0.25, 0.3) is 5.91 Å². The Kier molecular flexibility index (Phi) is 5.57. The number of piperidine rings is 1. The molecular formula is C19H20F2N2O3S. The van der Waals surface area contributed by atoms with Crippen molar-refractivity contribution in [3.8, 4) is 0 Å². The molecule has 0 saturated carbocycles. The minimum atomic E-state index is -3.62. The fraction of sp³-hybridized carbons (Fsp3) is 0.316. The standard InChI is InChI=1S/C19H20F2N2O3S/c1-13-2-5-16(6-3-13)27(25,26)22-15-8-10-23(11-9-15)19(24)14-4-7-17(20)18(21)12-14/h2-7,12,15,22H,8-11H2,1H3. The number of nitrogens with one attached hydrogen (secondary N) is 1. The van der Waals surface area contributed by atoms with Crippen LogP contribution in [0.15, 0.2) is 47.4 Å². The maximum absolute atomic E-state index is 13.3. The van der Waals surface area contributed by atoms with Gasteiger partial charge in [0.2, 0.25) is 10.0 Å². The van der Waals surface area contributed by atoms with Gasteiger partial charge in [-0.15, -0.1) is 0 Å². The van der Waals surface area contributed by atoms with Crippen LogP contribution in [0.1, 0.15) is 28.8 Å². The average molecular weight is 394 g/mol. The second kappa shape index (κ2) is 7.74. The number of hydrogen-bond donors (Lipinski definition) is 1. The smallest absolute Gasteiger partial charge is 0.253 e. The number of nitrogens with zero attached hydrogens (tertiary/aromatic N) is 1. The number of hydrogen-bond acceptors (Lipinski definition) is 3. The summed E-state index contributed by atoms with van der Waals surface area (Å²) in [6.07, 6.45) is 0.890. The van der Waals surface area contributed by atoms with Gasteiger partial charge in [0.1, 0.15) is 0 Å². The monoisotopic (exact) mass is 394 g/mol. The number of halogens is 2. The molecule has 0 bridgehead atoms. The molecule has 0 unspecified atom stereocenters. The Labute approximate surface area is 157 Å². The van der Waals surface area contributed by atoms with E-state index in [0.29, 0.717) is 25.9 Å². The van der Waals surface area contributed by atoms with Crippen molar-refractivity contribution in [1.29, 1.82) is 0 Å². The molecule has 2 aromatic carbocycles. The third kappa shape index (κ3) is 4.51. The van der Waals surface area contributed by atoms with Gasteiger partial charge in [-0.1, -0.05) is 17.7 Å². The summed E-state index contributed by atoms with van der Waals surface area (Å²) in [6, 6.07) is 9.33. The molecule has 1 saturated heterocycles. The lowest BCUT2D eigenvalue weighted by atomic mass is 10.0. The first-order valence-corrected chi connectivity index (χ1v) is 10.1. The fourth-order valence-corrected chi connectivity index (χ4v) is 4.32. The molecule has 5 nitrogen and oxygen atoms in total. The minimum Gasteiger partial charge on any atom is -0.339 e. The summed E-state index contributed by atoms with van der Waals surface area (Å²) in [5, 5.41) is 0. The third-order valence-corrected chi connectivity index (χ3v) is 6.14. The van der Waals surface area contributed by atoms with E-state index in [1.165, 1.54) is 11.0 Å². The minimum absolute atomic E-state index is 0.0765. The van der Waals surface area contributed by atoms with E-state index in [1.54, 1.807) is 24.3 Å². The van der Waals surface area contributed by atoms with Crippen LogP contribution in [0.2, 0.25) is 0 Å². The van der Waals surface area contributed by atoms with E-state index in [1.807, 2.05) is 6.92 Å². The highest BCUT2D eigenvalue weighted by Gasteiger charge is 2.27. The van der Waals surface area contributed by atoms with Crippen molar-refractivity contribution in [2.45, 2.75) is 30.7 Å². The predicted molar refractivity (Wildman–Crippen MR) is 96.8 cm³/mol. The summed E-state index contributed by atoms with van der Waals surface area (Å²) < 4.78 is 53.9. The van der Waals surface area contributed by atoms with Gasteiger partial charge in [-0.3, -0.25) is 4.79 Å².